The second kappa shape index (κ2) is 7.56. The van der Waals surface area contributed by atoms with Gasteiger partial charge in [-0.15, -0.1) is 0 Å². The molecule has 0 aliphatic rings. The third kappa shape index (κ3) is 5.12. The lowest BCUT2D eigenvalue weighted by molar-refractivity contribution is -0.159. The summed E-state index contributed by atoms with van der Waals surface area (Å²) in [5.74, 6) is -2.72. The van der Waals surface area contributed by atoms with Crippen LogP contribution in [-0.2, 0) is 20.7 Å². The maximum absolute atomic E-state index is 11.6. The fourth-order valence-electron chi connectivity index (χ4n) is 2.04. The Hall–Kier alpha value is -1.84. The molecule has 0 saturated carbocycles. The minimum atomic E-state index is -1.11. The Morgan fingerprint density at radius 1 is 1.26 bits per heavy atom. The van der Waals surface area contributed by atoms with Gasteiger partial charge < -0.3 is 9.84 Å². The van der Waals surface area contributed by atoms with Crippen molar-refractivity contribution in [3.8, 4) is 0 Å². The van der Waals surface area contributed by atoms with Crippen LogP contribution < -0.4 is 0 Å². The van der Waals surface area contributed by atoms with Crippen LogP contribution in [0.25, 0.3) is 0 Å². The molecule has 0 spiro atoms. The Labute approximate surface area is 113 Å². The Balaban J connectivity index is 2.59. The van der Waals surface area contributed by atoms with Crippen molar-refractivity contribution >= 4 is 11.9 Å². The van der Waals surface area contributed by atoms with E-state index in [9.17, 15) is 9.59 Å². The Kier molecular flexibility index (Phi) is 6.06. The number of carbonyl (C=O) groups excluding carboxylic acids is 1. The van der Waals surface area contributed by atoms with E-state index in [0.717, 1.165) is 12.0 Å². The quantitative estimate of drug-likeness (QED) is 0.607. The minimum Gasteiger partial charge on any atom is -0.481 e. The second-order valence-electron chi connectivity index (χ2n) is 4.67. The van der Waals surface area contributed by atoms with Crippen molar-refractivity contribution in [2.75, 3.05) is 6.61 Å². The topological polar surface area (TPSA) is 63.6 Å². The first-order chi connectivity index (χ1) is 9.04. The first-order valence-electron chi connectivity index (χ1n) is 6.48. The molecule has 0 fully saturated rings. The molecule has 1 aromatic carbocycles. The Morgan fingerprint density at radius 3 is 2.42 bits per heavy atom. The number of hydrogen-bond donors (Lipinski definition) is 1. The lowest BCUT2D eigenvalue weighted by atomic mass is 9.91. The lowest BCUT2D eigenvalue weighted by Gasteiger charge is -2.16. The van der Waals surface area contributed by atoms with Crippen molar-refractivity contribution in [3.63, 3.8) is 0 Å². The minimum absolute atomic E-state index is 0.105. The van der Waals surface area contributed by atoms with E-state index in [2.05, 4.69) is 0 Å². The number of carboxylic acid groups (broad SMARTS) is 1. The van der Waals surface area contributed by atoms with Crippen molar-refractivity contribution < 1.29 is 19.4 Å². The number of carbonyl (C=O) groups is 2. The first-order valence-corrected chi connectivity index (χ1v) is 6.48. The number of benzene rings is 1. The molecule has 1 aromatic rings. The average molecular weight is 264 g/mol. The molecule has 104 valence electrons. The second-order valence-corrected chi connectivity index (χ2v) is 4.67. The summed E-state index contributed by atoms with van der Waals surface area (Å²) < 4.78 is 4.80. The smallest absolute Gasteiger partial charge is 0.320 e. The van der Waals surface area contributed by atoms with Gasteiger partial charge in [0.15, 0.2) is 5.92 Å². The SMILES string of the molecule is CCOC(=O)C(CC(C)Cc1ccccc1)C(=O)O. The van der Waals surface area contributed by atoms with E-state index in [1.165, 1.54) is 0 Å². The van der Waals surface area contributed by atoms with Crippen LogP contribution in [0.4, 0.5) is 0 Å². The van der Waals surface area contributed by atoms with E-state index in [1.54, 1.807) is 6.92 Å². The van der Waals surface area contributed by atoms with Crippen molar-refractivity contribution in [2.24, 2.45) is 11.8 Å². The Morgan fingerprint density at radius 2 is 1.89 bits per heavy atom. The summed E-state index contributed by atoms with van der Waals surface area (Å²) >= 11 is 0. The standard InChI is InChI=1S/C15H20O4/c1-3-19-15(18)13(14(16)17)10-11(2)9-12-7-5-4-6-8-12/h4-8,11,13H,3,9-10H2,1-2H3,(H,16,17). The molecular formula is C15H20O4. The van der Waals surface area contributed by atoms with Crippen molar-refractivity contribution in [2.45, 2.75) is 26.7 Å². The summed E-state index contributed by atoms with van der Waals surface area (Å²) in [5.41, 5.74) is 1.14. The molecule has 1 N–H and O–H groups in total. The van der Waals surface area contributed by atoms with Crippen LogP contribution in [0.2, 0.25) is 0 Å². The monoisotopic (exact) mass is 264 g/mol. The number of esters is 1. The maximum atomic E-state index is 11.6. The van der Waals surface area contributed by atoms with Crippen LogP contribution in [0.1, 0.15) is 25.8 Å². The largest absolute Gasteiger partial charge is 0.481 e. The van der Waals surface area contributed by atoms with Crippen molar-refractivity contribution in [1.82, 2.24) is 0 Å². The molecule has 4 heteroatoms. The molecule has 0 aromatic heterocycles. The average Bonchev–Trinajstić information content (AvgIpc) is 2.37. The van der Waals surface area contributed by atoms with Gasteiger partial charge in [0.1, 0.15) is 0 Å². The van der Waals surface area contributed by atoms with Gasteiger partial charge in [0.2, 0.25) is 0 Å². The van der Waals surface area contributed by atoms with E-state index in [1.807, 2.05) is 37.3 Å². The molecule has 0 heterocycles. The number of aliphatic carboxylic acids is 1. The highest BCUT2D eigenvalue weighted by atomic mass is 16.5. The van der Waals surface area contributed by atoms with Gasteiger partial charge >= 0.3 is 11.9 Å². The predicted octanol–water partition coefficient (Wildman–Crippen LogP) is 2.52. The molecule has 0 radical (unpaired) electrons. The molecule has 1 rings (SSSR count). The molecule has 0 saturated heterocycles. The normalized spacial score (nSPS) is 13.6. The highest BCUT2D eigenvalue weighted by Gasteiger charge is 2.29. The van der Waals surface area contributed by atoms with Crippen molar-refractivity contribution in [3.05, 3.63) is 35.9 Å². The van der Waals surface area contributed by atoms with Crippen LogP contribution in [0.15, 0.2) is 30.3 Å². The molecule has 0 aliphatic heterocycles. The van der Waals surface area contributed by atoms with Crippen LogP contribution in [0.5, 0.6) is 0 Å². The zero-order valence-electron chi connectivity index (χ0n) is 11.3. The van der Waals surface area contributed by atoms with Gasteiger partial charge in [0.25, 0.3) is 0 Å². The fraction of sp³-hybridized carbons (Fsp3) is 0.467. The summed E-state index contributed by atoms with van der Waals surface area (Å²) in [6, 6.07) is 9.82. The van der Waals surface area contributed by atoms with E-state index < -0.39 is 17.9 Å². The summed E-state index contributed by atoms with van der Waals surface area (Å²) in [4.78, 5) is 22.7. The van der Waals surface area contributed by atoms with Gasteiger partial charge in [0, 0.05) is 0 Å². The molecule has 0 amide bonds. The molecule has 4 nitrogen and oxygen atoms in total. The molecule has 19 heavy (non-hydrogen) atoms. The van der Waals surface area contributed by atoms with E-state index in [4.69, 9.17) is 9.84 Å². The highest BCUT2D eigenvalue weighted by molar-refractivity contribution is 5.93. The van der Waals surface area contributed by atoms with E-state index in [-0.39, 0.29) is 12.5 Å². The number of hydrogen-bond acceptors (Lipinski definition) is 3. The summed E-state index contributed by atoms with van der Waals surface area (Å²) in [7, 11) is 0. The molecule has 0 aliphatic carbocycles. The van der Waals surface area contributed by atoms with Crippen LogP contribution >= 0.6 is 0 Å². The summed E-state index contributed by atoms with van der Waals surface area (Å²) in [6.45, 7) is 3.82. The predicted molar refractivity (Wildman–Crippen MR) is 71.7 cm³/mol. The molecule has 0 bridgehead atoms. The zero-order valence-corrected chi connectivity index (χ0v) is 11.3. The highest BCUT2D eigenvalue weighted by Crippen LogP contribution is 2.18. The van der Waals surface area contributed by atoms with Gasteiger partial charge in [-0.2, -0.15) is 0 Å². The van der Waals surface area contributed by atoms with Gasteiger partial charge in [-0.25, -0.2) is 0 Å². The van der Waals surface area contributed by atoms with Crippen LogP contribution in [0.3, 0.4) is 0 Å². The first kappa shape index (κ1) is 15.2. The number of carboxylic acids is 1. The third-order valence-electron chi connectivity index (χ3n) is 2.93. The number of ether oxygens (including phenoxy) is 1. The zero-order chi connectivity index (χ0) is 14.3. The maximum Gasteiger partial charge on any atom is 0.320 e. The van der Waals surface area contributed by atoms with Gasteiger partial charge in [-0.1, -0.05) is 37.3 Å². The molecule has 2 atom stereocenters. The Bertz CT molecular complexity index is 413. The summed E-state index contributed by atoms with van der Waals surface area (Å²) in [6.07, 6.45) is 1.05. The van der Waals surface area contributed by atoms with Gasteiger partial charge in [0.05, 0.1) is 6.61 Å². The van der Waals surface area contributed by atoms with E-state index in [0.29, 0.717) is 6.42 Å². The molecular weight excluding hydrogens is 244 g/mol. The van der Waals surface area contributed by atoms with Gasteiger partial charge in [-0.3, -0.25) is 9.59 Å². The number of rotatable bonds is 7. The fourth-order valence-corrected chi connectivity index (χ4v) is 2.04. The van der Waals surface area contributed by atoms with Crippen LogP contribution in [0, 0.1) is 11.8 Å². The van der Waals surface area contributed by atoms with Crippen molar-refractivity contribution in [1.29, 1.82) is 0 Å². The lowest BCUT2D eigenvalue weighted by Crippen LogP contribution is -2.28. The van der Waals surface area contributed by atoms with Crippen LogP contribution in [-0.4, -0.2) is 23.7 Å². The summed E-state index contributed by atoms with van der Waals surface area (Å²) in [5, 5.41) is 9.08. The molecule has 2 unspecified atom stereocenters. The third-order valence-corrected chi connectivity index (χ3v) is 2.93. The van der Waals surface area contributed by atoms with Gasteiger partial charge in [-0.05, 0) is 31.2 Å². The van der Waals surface area contributed by atoms with E-state index >= 15 is 0 Å².